The van der Waals surface area contributed by atoms with Crippen molar-refractivity contribution in [2.45, 2.75) is 30.0 Å². The molecule has 0 bridgehead atoms. The minimum Gasteiger partial charge on any atom is -0.480 e. The van der Waals surface area contributed by atoms with Gasteiger partial charge in [-0.15, -0.1) is 6.58 Å². The molecule has 0 aromatic heterocycles. The van der Waals surface area contributed by atoms with Gasteiger partial charge in [0.2, 0.25) is 0 Å². The molecule has 1 rings (SSSR count). The third-order valence-electron chi connectivity index (χ3n) is 3.18. The summed E-state index contributed by atoms with van der Waals surface area (Å²) in [4.78, 5) is 23.4. The predicted molar refractivity (Wildman–Crippen MR) is 88.7 cm³/mol. The lowest BCUT2D eigenvalue weighted by Gasteiger charge is -2.17. The standard InChI is InChI=1S/C16H21NO6S/c1-4-9-23-10-13(16(19)20)17-15(18)12-7-5-6-8-14(12)24(21,22)11(2)3/h4-8,11,13H,1,9-10H2,2-3H3,(H,17,18)(H,19,20). The van der Waals surface area contributed by atoms with Gasteiger partial charge in [-0.3, -0.25) is 4.79 Å². The van der Waals surface area contributed by atoms with Gasteiger partial charge in [0.25, 0.3) is 5.91 Å². The van der Waals surface area contributed by atoms with E-state index in [9.17, 15) is 18.0 Å². The molecular formula is C16H21NO6S. The van der Waals surface area contributed by atoms with E-state index in [1.54, 1.807) is 0 Å². The SMILES string of the molecule is C=CCOCC(NC(=O)c1ccccc1S(=O)(=O)C(C)C)C(=O)O. The topological polar surface area (TPSA) is 110 Å². The van der Waals surface area contributed by atoms with E-state index in [1.165, 1.54) is 44.2 Å². The monoisotopic (exact) mass is 355 g/mol. The molecule has 0 saturated heterocycles. The number of nitrogens with one attached hydrogen (secondary N) is 1. The summed E-state index contributed by atoms with van der Waals surface area (Å²) < 4.78 is 29.8. The van der Waals surface area contributed by atoms with Crippen LogP contribution in [-0.2, 0) is 19.4 Å². The highest BCUT2D eigenvalue weighted by atomic mass is 32.2. The number of benzene rings is 1. The molecule has 8 heteroatoms. The Labute approximate surface area is 141 Å². The summed E-state index contributed by atoms with van der Waals surface area (Å²) in [7, 11) is -3.68. The fourth-order valence-corrected chi connectivity index (χ4v) is 3.08. The normalized spacial score (nSPS) is 12.6. The third kappa shape index (κ3) is 4.90. The largest absolute Gasteiger partial charge is 0.480 e. The molecule has 0 spiro atoms. The second-order valence-electron chi connectivity index (χ2n) is 5.28. The number of carbonyl (C=O) groups is 2. The lowest BCUT2D eigenvalue weighted by molar-refractivity contribution is -0.140. The Morgan fingerprint density at radius 2 is 1.96 bits per heavy atom. The van der Waals surface area contributed by atoms with Gasteiger partial charge in [-0.2, -0.15) is 0 Å². The van der Waals surface area contributed by atoms with Gasteiger partial charge in [0.15, 0.2) is 15.9 Å². The Morgan fingerprint density at radius 1 is 1.33 bits per heavy atom. The molecule has 1 amide bonds. The summed E-state index contributed by atoms with van der Waals surface area (Å²) in [6.45, 7) is 6.33. The van der Waals surface area contributed by atoms with E-state index >= 15 is 0 Å². The van der Waals surface area contributed by atoms with Crippen molar-refractivity contribution in [2.24, 2.45) is 0 Å². The number of rotatable bonds is 9. The minimum atomic E-state index is -3.68. The fraction of sp³-hybridized carbons (Fsp3) is 0.375. The number of carbonyl (C=O) groups excluding carboxylic acids is 1. The zero-order chi connectivity index (χ0) is 18.3. The molecule has 132 valence electrons. The minimum absolute atomic E-state index is 0.0961. The van der Waals surface area contributed by atoms with E-state index < -0.39 is 33.0 Å². The van der Waals surface area contributed by atoms with Crippen molar-refractivity contribution in [1.29, 1.82) is 0 Å². The van der Waals surface area contributed by atoms with Crippen LogP contribution in [0.2, 0.25) is 0 Å². The number of amides is 1. The highest BCUT2D eigenvalue weighted by molar-refractivity contribution is 7.92. The van der Waals surface area contributed by atoms with E-state index in [2.05, 4.69) is 11.9 Å². The smallest absolute Gasteiger partial charge is 0.328 e. The average Bonchev–Trinajstić information content (AvgIpc) is 2.53. The average molecular weight is 355 g/mol. The maximum absolute atomic E-state index is 12.4. The van der Waals surface area contributed by atoms with Gasteiger partial charge >= 0.3 is 5.97 Å². The van der Waals surface area contributed by atoms with Crippen LogP contribution in [0.4, 0.5) is 0 Å². The molecular weight excluding hydrogens is 334 g/mol. The fourth-order valence-electron chi connectivity index (χ4n) is 1.84. The summed E-state index contributed by atoms with van der Waals surface area (Å²) in [5.41, 5.74) is -0.0961. The van der Waals surface area contributed by atoms with Crippen molar-refractivity contribution in [3.63, 3.8) is 0 Å². The summed E-state index contributed by atoms with van der Waals surface area (Å²) in [6.07, 6.45) is 1.45. The Balaban J connectivity index is 3.07. The first kappa shape index (κ1) is 19.9. The van der Waals surface area contributed by atoms with Crippen LogP contribution in [0.5, 0.6) is 0 Å². The Hall–Kier alpha value is -2.19. The van der Waals surface area contributed by atoms with Crippen LogP contribution in [0.15, 0.2) is 41.8 Å². The second kappa shape index (κ2) is 8.60. The lowest BCUT2D eigenvalue weighted by Crippen LogP contribution is -2.44. The molecule has 1 aromatic carbocycles. The first-order valence-corrected chi connectivity index (χ1v) is 8.81. The molecule has 7 nitrogen and oxygen atoms in total. The van der Waals surface area contributed by atoms with Gasteiger partial charge in [0.05, 0.1) is 28.9 Å². The summed E-state index contributed by atoms with van der Waals surface area (Å²) in [5.74, 6) is -2.07. The Bertz CT molecular complexity index is 711. The maximum atomic E-state index is 12.4. The number of hydrogen-bond acceptors (Lipinski definition) is 5. The predicted octanol–water partition coefficient (Wildman–Crippen LogP) is 1.25. The van der Waals surface area contributed by atoms with Gasteiger partial charge in [-0.25, -0.2) is 13.2 Å². The molecule has 1 unspecified atom stereocenters. The molecule has 0 aliphatic carbocycles. The number of hydrogen-bond donors (Lipinski definition) is 2. The number of ether oxygens (including phenoxy) is 1. The Morgan fingerprint density at radius 3 is 2.50 bits per heavy atom. The number of carboxylic acids is 1. The molecule has 0 aliphatic rings. The van der Waals surface area contributed by atoms with Gasteiger partial charge in [0.1, 0.15) is 0 Å². The van der Waals surface area contributed by atoms with E-state index in [0.29, 0.717) is 0 Å². The quantitative estimate of drug-likeness (QED) is 0.510. The molecule has 2 N–H and O–H groups in total. The van der Waals surface area contributed by atoms with Crippen LogP contribution in [-0.4, -0.2) is 49.9 Å². The van der Waals surface area contributed by atoms with Crippen molar-refractivity contribution < 1.29 is 27.9 Å². The van der Waals surface area contributed by atoms with Crippen LogP contribution in [0.25, 0.3) is 0 Å². The molecule has 1 atom stereocenters. The van der Waals surface area contributed by atoms with E-state index in [1.807, 2.05) is 0 Å². The first-order valence-electron chi connectivity index (χ1n) is 7.27. The highest BCUT2D eigenvalue weighted by Gasteiger charge is 2.27. The number of carboxylic acid groups (broad SMARTS) is 1. The molecule has 0 heterocycles. The van der Waals surface area contributed by atoms with Crippen LogP contribution < -0.4 is 5.32 Å². The van der Waals surface area contributed by atoms with Crippen LogP contribution >= 0.6 is 0 Å². The van der Waals surface area contributed by atoms with Crippen molar-refractivity contribution in [2.75, 3.05) is 13.2 Å². The van der Waals surface area contributed by atoms with Crippen LogP contribution in [0.1, 0.15) is 24.2 Å². The van der Waals surface area contributed by atoms with Crippen molar-refractivity contribution in [3.05, 3.63) is 42.5 Å². The van der Waals surface area contributed by atoms with Gasteiger partial charge in [-0.05, 0) is 26.0 Å². The molecule has 0 saturated carbocycles. The molecule has 0 aliphatic heterocycles. The van der Waals surface area contributed by atoms with Crippen LogP contribution in [0, 0.1) is 0 Å². The summed E-state index contributed by atoms with van der Waals surface area (Å²) >= 11 is 0. The van der Waals surface area contributed by atoms with Gasteiger partial charge in [0, 0.05) is 0 Å². The second-order valence-corrected chi connectivity index (χ2v) is 7.75. The molecule has 1 aromatic rings. The summed E-state index contributed by atoms with van der Waals surface area (Å²) in [5, 5.41) is 10.7. The van der Waals surface area contributed by atoms with Gasteiger partial charge in [-0.1, -0.05) is 18.2 Å². The Kier molecular flexibility index (Phi) is 7.12. The lowest BCUT2D eigenvalue weighted by atomic mass is 10.2. The van der Waals surface area contributed by atoms with Gasteiger partial charge < -0.3 is 15.2 Å². The summed E-state index contributed by atoms with van der Waals surface area (Å²) in [6, 6.07) is 4.39. The number of sulfone groups is 1. The van der Waals surface area contributed by atoms with E-state index in [4.69, 9.17) is 9.84 Å². The van der Waals surface area contributed by atoms with E-state index in [-0.39, 0.29) is 23.7 Å². The zero-order valence-electron chi connectivity index (χ0n) is 13.6. The van der Waals surface area contributed by atoms with Crippen molar-refractivity contribution >= 4 is 21.7 Å². The third-order valence-corrected chi connectivity index (χ3v) is 5.39. The molecule has 0 fully saturated rings. The molecule has 0 radical (unpaired) electrons. The maximum Gasteiger partial charge on any atom is 0.328 e. The first-order chi connectivity index (χ1) is 11.2. The van der Waals surface area contributed by atoms with Crippen molar-refractivity contribution in [1.82, 2.24) is 5.32 Å². The zero-order valence-corrected chi connectivity index (χ0v) is 14.4. The van der Waals surface area contributed by atoms with Crippen LogP contribution in [0.3, 0.4) is 0 Å². The highest BCUT2D eigenvalue weighted by Crippen LogP contribution is 2.20. The van der Waals surface area contributed by atoms with E-state index in [0.717, 1.165) is 0 Å². The number of aliphatic carboxylic acids is 1. The molecule has 24 heavy (non-hydrogen) atoms. The van der Waals surface area contributed by atoms with Crippen molar-refractivity contribution in [3.8, 4) is 0 Å².